The molecule has 0 saturated carbocycles. The average molecular weight is 373 g/mol. The zero-order valence-corrected chi connectivity index (χ0v) is 15.6. The summed E-state index contributed by atoms with van der Waals surface area (Å²) in [5, 5.41) is 0. The molecule has 1 atom stereocenters. The maximum Gasteiger partial charge on any atom is 0.339 e. The van der Waals surface area contributed by atoms with Crippen molar-refractivity contribution in [1.82, 2.24) is 4.31 Å². The van der Waals surface area contributed by atoms with Gasteiger partial charge in [-0.05, 0) is 37.1 Å². The molecule has 140 valence electrons. The first kappa shape index (κ1) is 19.6. The summed E-state index contributed by atoms with van der Waals surface area (Å²) in [4.78, 5) is 20.3. The minimum absolute atomic E-state index is 0.104. The van der Waals surface area contributed by atoms with E-state index < -0.39 is 22.0 Å². The van der Waals surface area contributed by atoms with Crippen LogP contribution < -0.4 is 4.74 Å². The Morgan fingerprint density at radius 2 is 1.96 bits per heavy atom. The van der Waals surface area contributed by atoms with Crippen LogP contribution in [-0.2, 0) is 29.3 Å². The molecule has 25 heavy (non-hydrogen) atoms. The van der Waals surface area contributed by atoms with Crippen LogP contribution in [0.25, 0.3) is 0 Å². The fraction of sp³-hybridized carbons (Fsp3) is 0.562. The molecular weight excluding hydrogens is 350 g/mol. The number of nitrogens with zero attached hydrogens (tertiary/aromatic N) is 1. The van der Waals surface area contributed by atoms with Crippen LogP contribution in [0.3, 0.4) is 0 Å². The number of carbonyl (C=O) groups excluding carboxylic acids is 1. The molecule has 1 aromatic rings. The van der Waals surface area contributed by atoms with Crippen molar-refractivity contribution in [3.63, 3.8) is 0 Å². The molecule has 9 heteroatoms. The van der Waals surface area contributed by atoms with E-state index >= 15 is 0 Å². The van der Waals surface area contributed by atoms with Gasteiger partial charge in [0.2, 0.25) is 10.0 Å². The van der Waals surface area contributed by atoms with E-state index in [0.717, 1.165) is 0 Å². The number of hydrogen-bond donors (Lipinski definition) is 0. The van der Waals surface area contributed by atoms with Crippen molar-refractivity contribution in [1.29, 1.82) is 0 Å². The minimum atomic E-state index is -3.77. The molecule has 1 aromatic carbocycles. The first-order valence-corrected chi connectivity index (χ1v) is 9.26. The average Bonchev–Trinajstić information content (AvgIpc) is 2.53. The summed E-state index contributed by atoms with van der Waals surface area (Å²) in [6.07, 6.45) is 0. The van der Waals surface area contributed by atoms with Crippen molar-refractivity contribution in [2.75, 3.05) is 33.5 Å². The Labute approximate surface area is 147 Å². The molecule has 0 amide bonds. The Morgan fingerprint density at radius 3 is 2.52 bits per heavy atom. The molecular formula is C16H23NO7S. The second-order valence-electron chi connectivity index (χ2n) is 5.79. The smallest absolute Gasteiger partial charge is 0.339 e. The van der Waals surface area contributed by atoms with Crippen LogP contribution >= 0.6 is 0 Å². The third-order valence-corrected chi connectivity index (χ3v) is 6.10. The van der Waals surface area contributed by atoms with E-state index in [9.17, 15) is 13.2 Å². The lowest BCUT2D eigenvalue weighted by atomic mass is 10.1. The van der Waals surface area contributed by atoms with Gasteiger partial charge in [0.1, 0.15) is 12.4 Å². The van der Waals surface area contributed by atoms with Crippen molar-refractivity contribution in [2.24, 2.45) is 0 Å². The van der Waals surface area contributed by atoms with Gasteiger partial charge in [-0.1, -0.05) is 0 Å². The van der Waals surface area contributed by atoms with Crippen LogP contribution in [0, 0.1) is 13.8 Å². The molecule has 2 rings (SSSR count). The van der Waals surface area contributed by atoms with Crippen LogP contribution in [-0.4, -0.2) is 58.2 Å². The Hall–Kier alpha value is -1.68. The molecule has 0 bridgehead atoms. The van der Waals surface area contributed by atoms with Gasteiger partial charge in [0.25, 0.3) is 0 Å². The molecule has 1 aliphatic heterocycles. The Kier molecular flexibility index (Phi) is 6.39. The molecule has 0 radical (unpaired) electrons. The van der Waals surface area contributed by atoms with Crippen molar-refractivity contribution >= 4 is 16.0 Å². The standard InChI is InChI=1S/C16H23NO7S/c1-11-7-15(21-4)8-12(2)16(11)25(19,20)17-5-6-22-9-14(17)10-23-24-13(3)18/h7-8,14H,5-6,9-10H2,1-4H3/t14-/m0/s1. The van der Waals surface area contributed by atoms with Gasteiger partial charge in [0, 0.05) is 13.5 Å². The third-order valence-electron chi connectivity index (χ3n) is 3.85. The quantitative estimate of drug-likeness (QED) is 0.546. The number of hydrogen-bond acceptors (Lipinski definition) is 7. The van der Waals surface area contributed by atoms with Crippen LogP contribution in [0.5, 0.6) is 5.75 Å². The maximum atomic E-state index is 13.2. The fourth-order valence-corrected chi connectivity index (χ4v) is 4.83. The van der Waals surface area contributed by atoms with E-state index in [4.69, 9.17) is 14.4 Å². The summed E-state index contributed by atoms with van der Waals surface area (Å²) in [7, 11) is -2.24. The van der Waals surface area contributed by atoms with Crippen molar-refractivity contribution < 1.29 is 32.5 Å². The van der Waals surface area contributed by atoms with E-state index in [-0.39, 0.29) is 31.3 Å². The first-order chi connectivity index (χ1) is 11.8. The van der Waals surface area contributed by atoms with E-state index in [1.165, 1.54) is 18.3 Å². The number of aryl methyl sites for hydroxylation is 2. The molecule has 0 N–H and O–H groups in total. The number of morpholine rings is 1. The predicted molar refractivity (Wildman–Crippen MR) is 88.7 cm³/mol. The monoisotopic (exact) mass is 373 g/mol. The highest BCUT2D eigenvalue weighted by atomic mass is 32.2. The van der Waals surface area contributed by atoms with Gasteiger partial charge in [-0.25, -0.2) is 13.2 Å². The van der Waals surface area contributed by atoms with Gasteiger partial charge < -0.3 is 9.47 Å². The Bertz CT molecular complexity index is 709. The molecule has 0 spiro atoms. The van der Waals surface area contributed by atoms with Crippen molar-refractivity contribution in [2.45, 2.75) is 31.7 Å². The molecule has 1 heterocycles. The summed E-state index contributed by atoms with van der Waals surface area (Å²) in [6.45, 7) is 5.21. The number of carbonyl (C=O) groups is 1. The van der Waals surface area contributed by atoms with Gasteiger partial charge in [-0.15, -0.1) is 0 Å². The summed E-state index contributed by atoms with van der Waals surface area (Å²) in [5.41, 5.74) is 1.20. The van der Waals surface area contributed by atoms with Crippen LogP contribution in [0.15, 0.2) is 17.0 Å². The van der Waals surface area contributed by atoms with Crippen molar-refractivity contribution in [3.05, 3.63) is 23.3 Å². The van der Waals surface area contributed by atoms with Gasteiger partial charge in [-0.2, -0.15) is 9.19 Å². The third kappa shape index (κ3) is 4.49. The van der Waals surface area contributed by atoms with E-state index in [0.29, 0.717) is 16.9 Å². The maximum absolute atomic E-state index is 13.2. The number of sulfonamides is 1. The molecule has 0 unspecified atom stereocenters. The molecule has 8 nitrogen and oxygen atoms in total. The lowest BCUT2D eigenvalue weighted by molar-refractivity contribution is -0.277. The van der Waals surface area contributed by atoms with Crippen LogP contribution in [0.2, 0.25) is 0 Å². The molecule has 0 aromatic heterocycles. The highest BCUT2D eigenvalue weighted by molar-refractivity contribution is 7.89. The van der Waals surface area contributed by atoms with Crippen LogP contribution in [0.4, 0.5) is 0 Å². The number of ether oxygens (including phenoxy) is 2. The fourth-order valence-electron chi connectivity index (χ4n) is 2.84. The number of methoxy groups -OCH3 is 1. The predicted octanol–water partition coefficient (Wildman–Crippen LogP) is 1.20. The Morgan fingerprint density at radius 1 is 1.32 bits per heavy atom. The molecule has 0 aliphatic carbocycles. The number of benzene rings is 1. The Balaban J connectivity index is 2.31. The highest BCUT2D eigenvalue weighted by Crippen LogP contribution is 2.30. The van der Waals surface area contributed by atoms with Gasteiger partial charge in [-0.3, -0.25) is 4.89 Å². The summed E-state index contributed by atoms with van der Waals surface area (Å²) in [6, 6.07) is 2.79. The van der Waals surface area contributed by atoms with E-state index in [1.54, 1.807) is 26.0 Å². The van der Waals surface area contributed by atoms with Gasteiger partial charge >= 0.3 is 5.97 Å². The largest absolute Gasteiger partial charge is 0.497 e. The SMILES string of the molecule is COc1cc(C)c(S(=O)(=O)N2CCOC[C@H]2COOC(C)=O)c(C)c1. The second-order valence-corrected chi connectivity index (χ2v) is 7.62. The minimum Gasteiger partial charge on any atom is -0.497 e. The van der Waals surface area contributed by atoms with Gasteiger partial charge in [0.15, 0.2) is 0 Å². The summed E-state index contributed by atoms with van der Waals surface area (Å²) >= 11 is 0. The lowest BCUT2D eigenvalue weighted by Gasteiger charge is -2.34. The van der Waals surface area contributed by atoms with Gasteiger partial charge in [0.05, 0.1) is 31.3 Å². The summed E-state index contributed by atoms with van der Waals surface area (Å²) < 4.78 is 38.3. The normalized spacial score (nSPS) is 18.8. The topological polar surface area (TPSA) is 91.4 Å². The summed E-state index contributed by atoms with van der Waals surface area (Å²) in [5.74, 6) is -0.00125. The zero-order chi connectivity index (χ0) is 18.6. The highest BCUT2D eigenvalue weighted by Gasteiger charge is 2.36. The first-order valence-electron chi connectivity index (χ1n) is 7.82. The lowest BCUT2D eigenvalue weighted by Crippen LogP contribution is -2.51. The van der Waals surface area contributed by atoms with Crippen LogP contribution in [0.1, 0.15) is 18.1 Å². The zero-order valence-electron chi connectivity index (χ0n) is 14.8. The van der Waals surface area contributed by atoms with Crippen molar-refractivity contribution in [3.8, 4) is 5.75 Å². The molecule has 1 saturated heterocycles. The van der Waals surface area contributed by atoms with E-state index in [2.05, 4.69) is 4.89 Å². The molecule has 1 aliphatic rings. The van der Waals surface area contributed by atoms with E-state index in [1.807, 2.05) is 0 Å². The number of rotatable bonds is 6. The molecule has 1 fully saturated rings. The second kappa shape index (κ2) is 8.13.